The molecule has 1 N–H and O–H groups in total. The quantitative estimate of drug-likeness (QED) is 0.403. The molecule has 1 amide bonds. The largest absolute Gasteiger partial charge is 0.403 e. The molecule has 0 saturated carbocycles. The minimum Gasteiger partial charge on any atom is -0.403 e. The number of carbonyl (C=O) groups excluding carboxylic acids is 1. The number of fused-ring (bicyclic) bond motifs is 1. The van der Waals surface area contributed by atoms with Crippen molar-refractivity contribution in [2.75, 3.05) is 26.2 Å². The van der Waals surface area contributed by atoms with Crippen LogP contribution in [-0.4, -0.2) is 57.7 Å². The zero-order valence-electron chi connectivity index (χ0n) is 18.3. The van der Waals surface area contributed by atoms with Crippen LogP contribution in [0.2, 0.25) is 0 Å². The van der Waals surface area contributed by atoms with E-state index in [0.29, 0.717) is 50.4 Å². The summed E-state index contributed by atoms with van der Waals surface area (Å²) in [5, 5.41) is 4.47. The number of carbonyl (C=O) groups is 1. The van der Waals surface area contributed by atoms with Crippen molar-refractivity contribution in [2.24, 2.45) is 5.16 Å². The molecule has 0 aliphatic carbocycles. The van der Waals surface area contributed by atoms with Crippen molar-refractivity contribution >= 4 is 22.8 Å². The summed E-state index contributed by atoms with van der Waals surface area (Å²) in [5.41, 5.74) is -0.426. The standard InChI is InChI=1S/C21H29N5O5/c1-4-6-8-15-13-17(28)30-20-18(15)19(29)22-21(23-20)31-24-16(7-5-2)26-11-9-25(10-12-26)14(3)27/h13H,4-12H2,1-3H3,(H,22,23,29)/b24-16-. The normalized spacial score (nSPS) is 14.9. The number of amides is 1. The van der Waals surface area contributed by atoms with E-state index >= 15 is 0 Å². The second kappa shape index (κ2) is 10.2. The first-order chi connectivity index (χ1) is 14.9. The van der Waals surface area contributed by atoms with Gasteiger partial charge in [0.1, 0.15) is 11.2 Å². The van der Waals surface area contributed by atoms with Gasteiger partial charge in [-0.3, -0.25) is 14.6 Å². The monoisotopic (exact) mass is 431 g/mol. The van der Waals surface area contributed by atoms with Crippen LogP contribution < -0.4 is 16.0 Å². The van der Waals surface area contributed by atoms with Crippen LogP contribution in [0.25, 0.3) is 11.1 Å². The Labute approximate surface area is 179 Å². The predicted octanol–water partition coefficient (Wildman–Crippen LogP) is 1.88. The second-order valence-electron chi connectivity index (χ2n) is 7.59. The van der Waals surface area contributed by atoms with Crippen LogP contribution in [0.4, 0.5) is 0 Å². The third kappa shape index (κ3) is 5.50. The molecule has 10 heteroatoms. The lowest BCUT2D eigenvalue weighted by Gasteiger charge is -2.35. The Morgan fingerprint density at radius 3 is 2.55 bits per heavy atom. The smallest absolute Gasteiger partial charge is 0.337 e. The van der Waals surface area contributed by atoms with Gasteiger partial charge in [-0.05, 0) is 24.8 Å². The molecule has 0 aromatic carbocycles. The Kier molecular flexibility index (Phi) is 7.43. The lowest BCUT2D eigenvalue weighted by molar-refractivity contribution is -0.130. The average Bonchev–Trinajstić information content (AvgIpc) is 2.74. The molecule has 0 unspecified atom stereocenters. The number of hydrogen-bond donors (Lipinski definition) is 1. The minimum absolute atomic E-state index is 0.0559. The second-order valence-corrected chi connectivity index (χ2v) is 7.59. The van der Waals surface area contributed by atoms with E-state index < -0.39 is 11.2 Å². The molecule has 0 atom stereocenters. The average molecular weight is 431 g/mol. The fraction of sp³-hybridized carbons (Fsp3) is 0.571. The van der Waals surface area contributed by atoms with E-state index in [2.05, 4.69) is 20.0 Å². The van der Waals surface area contributed by atoms with Crippen molar-refractivity contribution in [3.8, 4) is 6.01 Å². The molecular weight excluding hydrogens is 402 g/mol. The zero-order chi connectivity index (χ0) is 22.4. The molecule has 1 fully saturated rings. The lowest BCUT2D eigenvalue weighted by atomic mass is 10.1. The van der Waals surface area contributed by atoms with Crippen molar-refractivity contribution in [1.82, 2.24) is 19.8 Å². The van der Waals surface area contributed by atoms with Gasteiger partial charge in [0.05, 0.1) is 0 Å². The molecule has 1 aliphatic heterocycles. The van der Waals surface area contributed by atoms with Crippen molar-refractivity contribution in [3.05, 3.63) is 32.4 Å². The van der Waals surface area contributed by atoms with E-state index in [1.54, 1.807) is 11.8 Å². The highest BCUT2D eigenvalue weighted by Crippen LogP contribution is 2.16. The Morgan fingerprint density at radius 1 is 1.19 bits per heavy atom. The van der Waals surface area contributed by atoms with Crippen LogP contribution in [0.3, 0.4) is 0 Å². The number of rotatable bonds is 7. The van der Waals surface area contributed by atoms with Crippen LogP contribution in [0.15, 0.2) is 25.2 Å². The molecule has 2 aromatic rings. The highest BCUT2D eigenvalue weighted by atomic mass is 16.6. The number of aromatic amines is 1. The van der Waals surface area contributed by atoms with E-state index in [1.807, 2.05) is 13.8 Å². The Morgan fingerprint density at radius 2 is 1.90 bits per heavy atom. The number of H-pyrrole nitrogens is 1. The van der Waals surface area contributed by atoms with E-state index in [1.165, 1.54) is 6.07 Å². The first-order valence-corrected chi connectivity index (χ1v) is 10.7. The maximum Gasteiger partial charge on any atom is 0.337 e. The van der Waals surface area contributed by atoms with Crippen LogP contribution in [0, 0.1) is 0 Å². The van der Waals surface area contributed by atoms with Crippen molar-refractivity contribution < 1.29 is 14.0 Å². The lowest BCUT2D eigenvalue weighted by Crippen LogP contribution is -2.50. The van der Waals surface area contributed by atoms with Crippen LogP contribution in [0.5, 0.6) is 6.01 Å². The van der Waals surface area contributed by atoms with Gasteiger partial charge >= 0.3 is 11.6 Å². The number of hydrogen-bond acceptors (Lipinski definition) is 7. The fourth-order valence-electron chi connectivity index (χ4n) is 3.60. The fourth-order valence-corrected chi connectivity index (χ4v) is 3.60. The van der Waals surface area contributed by atoms with Gasteiger partial charge in [0.25, 0.3) is 5.56 Å². The van der Waals surface area contributed by atoms with E-state index in [4.69, 9.17) is 9.25 Å². The molecule has 1 saturated heterocycles. The van der Waals surface area contributed by atoms with E-state index in [-0.39, 0.29) is 23.0 Å². The number of unbranched alkanes of at least 4 members (excludes halogenated alkanes) is 1. The van der Waals surface area contributed by atoms with E-state index in [9.17, 15) is 14.4 Å². The highest BCUT2D eigenvalue weighted by molar-refractivity contribution is 5.82. The van der Waals surface area contributed by atoms with E-state index in [0.717, 1.165) is 19.3 Å². The van der Waals surface area contributed by atoms with Crippen molar-refractivity contribution in [2.45, 2.75) is 52.9 Å². The summed E-state index contributed by atoms with van der Waals surface area (Å²) < 4.78 is 5.15. The molecule has 10 nitrogen and oxygen atoms in total. The summed E-state index contributed by atoms with van der Waals surface area (Å²) in [6, 6.07) is 1.21. The molecule has 0 spiro atoms. The molecule has 1 aliphatic rings. The third-order valence-electron chi connectivity index (χ3n) is 5.28. The summed E-state index contributed by atoms with van der Waals surface area (Å²) in [5.74, 6) is 0.772. The van der Waals surface area contributed by atoms with Crippen molar-refractivity contribution in [3.63, 3.8) is 0 Å². The number of amidine groups is 1. The van der Waals surface area contributed by atoms with Crippen molar-refractivity contribution in [1.29, 1.82) is 0 Å². The number of nitrogens with one attached hydrogen (secondary N) is 1. The van der Waals surface area contributed by atoms with Crippen LogP contribution >= 0.6 is 0 Å². The van der Waals surface area contributed by atoms with Gasteiger partial charge < -0.3 is 19.1 Å². The van der Waals surface area contributed by atoms with Gasteiger partial charge in [-0.15, -0.1) is 0 Å². The van der Waals surface area contributed by atoms with Crippen LogP contribution in [-0.2, 0) is 11.2 Å². The summed E-state index contributed by atoms with van der Waals surface area (Å²) in [7, 11) is 0. The van der Waals surface area contributed by atoms with Crippen LogP contribution in [0.1, 0.15) is 52.0 Å². The minimum atomic E-state index is -0.554. The van der Waals surface area contributed by atoms with Gasteiger partial charge in [0.15, 0.2) is 0 Å². The Balaban J connectivity index is 1.84. The number of aromatic nitrogens is 2. The molecule has 2 aromatic heterocycles. The molecule has 0 radical (unpaired) electrons. The zero-order valence-corrected chi connectivity index (χ0v) is 18.3. The first kappa shape index (κ1) is 22.5. The number of aryl methyl sites for hydroxylation is 1. The molecule has 0 bridgehead atoms. The number of oxime groups is 1. The molecule has 31 heavy (non-hydrogen) atoms. The molecule has 3 heterocycles. The Bertz CT molecular complexity index is 1070. The first-order valence-electron chi connectivity index (χ1n) is 10.7. The van der Waals surface area contributed by atoms with Gasteiger partial charge in [0, 0.05) is 45.6 Å². The van der Waals surface area contributed by atoms with Gasteiger partial charge in [0.2, 0.25) is 11.6 Å². The number of nitrogens with zero attached hydrogens (tertiary/aromatic N) is 4. The number of piperazine rings is 1. The SMILES string of the molecule is CCCCc1cc(=O)oc2nc(O/N=C(/CCC)N3CCN(C(C)=O)CC3)[nH]c(=O)c12. The maximum atomic E-state index is 12.6. The molecule has 3 rings (SSSR count). The molecular formula is C21H29N5O5. The predicted molar refractivity (Wildman–Crippen MR) is 116 cm³/mol. The summed E-state index contributed by atoms with van der Waals surface area (Å²) in [6.07, 6.45) is 3.90. The van der Waals surface area contributed by atoms with Gasteiger partial charge in [-0.2, -0.15) is 4.98 Å². The van der Waals surface area contributed by atoms with Gasteiger partial charge in [-0.1, -0.05) is 25.4 Å². The van der Waals surface area contributed by atoms with Gasteiger partial charge in [-0.25, -0.2) is 4.79 Å². The maximum absolute atomic E-state index is 12.6. The highest BCUT2D eigenvalue weighted by Gasteiger charge is 2.21. The topological polar surface area (TPSA) is 121 Å². The molecule has 168 valence electrons. The summed E-state index contributed by atoms with van der Waals surface area (Å²) in [6.45, 7) is 8.17. The third-order valence-corrected chi connectivity index (χ3v) is 5.28. The Hall–Kier alpha value is -3.17. The summed E-state index contributed by atoms with van der Waals surface area (Å²) in [4.78, 5) is 52.1. The summed E-state index contributed by atoms with van der Waals surface area (Å²) >= 11 is 0.